The van der Waals surface area contributed by atoms with Gasteiger partial charge in [-0.05, 0) is 30.7 Å². The molecule has 0 aromatic heterocycles. The van der Waals surface area contributed by atoms with Crippen LogP contribution in [0.4, 0.5) is 5.69 Å². The number of carbonyl (C=O) groups excluding carboxylic acids is 1. The molecule has 0 atom stereocenters. The molecule has 0 aliphatic heterocycles. The fraction of sp³-hybridized carbons (Fsp3) is 0.235. The predicted molar refractivity (Wildman–Crippen MR) is 83.0 cm³/mol. The summed E-state index contributed by atoms with van der Waals surface area (Å²) in [5.74, 6) is 0.0744. The Labute approximate surface area is 120 Å². The van der Waals surface area contributed by atoms with Gasteiger partial charge in [-0.1, -0.05) is 36.4 Å². The highest BCUT2D eigenvalue weighted by Crippen LogP contribution is 2.06. The summed E-state index contributed by atoms with van der Waals surface area (Å²) in [6.07, 6.45) is 0.921. The van der Waals surface area contributed by atoms with Crippen LogP contribution in [-0.2, 0) is 0 Å². The molecule has 0 unspecified atom stereocenters. The first-order valence-corrected chi connectivity index (χ1v) is 6.87. The number of rotatable bonds is 6. The van der Waals surface area contributed by atoms with Crippen molar-refractivity contribution in [3.63, 3.8) is 0 Å². The Balaban J connectivity index is 1.73. The Morgan fingerprint density at radius 2 is 1.60 bits per heavy atom. The van der Waals surface area contributed by atoms with Gasteiger partial charge in [0.05, 0.1) is 0 Å². The number of amides is 1. The largest absolute Gasteiger partial charge is 0.385 e. The summed E-state index contributed by atoms with van der Waals surface area (Å²) in [6, 6.07) is 19.5. The summed E-state index contributed by atoms with van der Waals surface area (Å²) in [5.41, 5.74) is 1.86. The maximum Gasteiger partial charge on any atom is 0.253 e. The van der Waals surface area contributed by atoms with Crippen molar-refractivity contribution in [3.8, 4) is 0 Å². The van der Waals surface area contributed by atoms with E-state index in [2.05, 4.69) is 5.32 Å². The molecule has 0 heterocycles. The SMILES string of the molecule is CN(CCCNc1ccccc1)C(=O)c1ccccc1. The van der Waals surface area contributed by atoms with Gasteiger partial charge >= 0.3 is 0 Å². The average Bonchev–Trinajstić information content (AvgIpc) is 2.52. The van der Waals surface area contributed by atoms with Crippen LogP contribution in [0.5, 0.6) is 0 Å². The lowest BCUT2D eigenvalue weighted by atomic mass is 10.2. The predicted octanol–water partition coefficient (Wildman–Crippen LogP) is 3.26. The molecule has 1 N–H and O–H groups in total. The first-order valence-electron chi connectivity index (χ1n) is 6.87. The molecule has 0 saturated carbocycles. The van der Waals surface area contributed by atoms with E-state index in [0.29, 0.717) is 0 Å². The van der Waals surface area contributed by atoms with E-state index in [0.717, 1.165) is 30.8 Å². The molecule has 0 bridgehead atoms. The molecule has 104 valence electrons. The number of benzene rings is 2. The Bertz CT molecular complexity index is 525. The van der Waals surface area contributed by atoms with Crippen LogP contribution in [0.15, 0.2) is 60.7 Å². The summed E-state index contributed by atoms with van der Waals surface area (Å²) >= 11 is 0. The number of nitrogens with zero attached hydrogens (tertiary/aromatic N) is 1. The van der Waals surface area contributed by atoms with E-state index in [1.165, 1.54) is 0 Å². The lowest BCUT2D eigenvalue weighted by Crippen LogP contribution is -2.28. The number of hydrogen-bond donors (Lipinski definition) is 1. The van der Waals surface area contributed by atoms with Gasteiger partial charge in [0.25, 0.3) is 5.91 Å². The highest BCUT2D eigenvalue weighted by atomic mass is 16.2. The third-order valence-electron chi connectivity index (χ3n) is 3.14. The number of carbonyl (C=O) groups is 1. The maximum atomic E-state index is 12.1. The van der Waals surface area contributed by atoms with Crippen molar-refractivity contribution in [1.82, 2.24) is 4.90 Å². The number of hydrogen-bond acceptors (Lipinski definition) is 2. The van der Waals surface area contributed by atoms with E-state index >= 15 is 0 Å². The molecule has 0 aliphatic carbocycles. The van der Waals surface area contributed by atoms with E-state index < -0.39 is 0 Å². The van der Waals surface area contributed by atoms with Crippen LogP contribution in [0.1, 0.15) is 16.8 Å². The van der Waals surface area contributed by atoms with Gasteiger partial charge in [0, 0.05) is 31.4 Å². The molecular formula is C17H20N2O. The normalized spacial score (nSPS) is 10.1. The smallest absolute Gasteiger partial charge is 0.253 e. The van der Waals surface area contributed by atoms with Gasteiger partial charge in [0.15, 0.2) is 0 Å². The third kappa shape index (κ3) is 4.12. The molecule has 3 nitrogen and oxygen atoms in total. The van der Waals surface area contributed by atoms with Gasteiger partial charge in [-0.25, -0.2) is 0 Å². The second-order valence-corrected chi connectivity index (χ2v) is 4.74. The van der Waals surface area contributed by atoms with Gasteiger partial charge in [-0.2, -0.15) is 0 Å². The third-order valence-corrected chi connectivity index (χ3v) is 3.14. The minimum Gasteiger partial charge on any atom is -0.385 e. The monoisotopic (exact) mass is 268 g/mol. The fourth-order valence-electron chi connectivity index (χ4n) is 2.01. The molecule has 2 aromatic carbocycles. The van der Waals surface area contributed by atoms with Gasteiger partial charge in [0.2, 0.25) is 0 Å². The molecule has 0 fully saturated rings. The van der Waals surface area contributed by atoms with Crippen molar-refractivity contribution in [1.29, 1.82) is 0 Å². The Morgan fingerprint density at radius 1 is 1.00 bits per heavy atom. The minimum atomic E-state index is 0.0744. The van der Waals surface area contributed by atoms with E-state index in [4.69, 9.17) is 0 Å². The van der Waals surface area contributed by atoms with Crippen molar-refractivity contribution in [2.45, 2.75) is 6.42 Å². The lowest BCUT2D eigenvalue weighted by molar-refractivity contribution is 0.0794. The summed E-state index contributed by atoms with van der Waals surface area (Å²) in [7, 11) is 1.85. The van der Waals surface area contributed by atoms with E-state index in [1.807, 2.05) is 67.7 Å². The molecule has 0 spiro atoms. The maximum absolute atomic E-state index is 12.1. The molecule has 3 heteroatoms. The zero-order valence-electron chi connectivity index (χ0n) is 11.8. The summed E-state index contributed by atoms with van der Waals surface area (Å²) in [4.78, 5) is 13.9. The van der Waals surface area contributed by atoms with Gasteiger partial charge in [-0.3, -0.25) is 4.79 Å². The Hall–Kier alpha value is -2.29. The number of nitrogens with one attached hydrogen (secondary N) is 1. The second-order valence-electron chi connectivity index (χ2n) is 4.74. The number of anilines is 1. The van der Waals surface area contributed by atoms with Crippen molar-refractivity contribution in [3.05, 3.63) is 66.2 Å². The molecule has 2 rings (SSSR count). The van der Waals surface area contributed by atoms with Crippen LogP contribution >= 0.6 is 0 Å². The Morgan fingerprint density at radius 3 is 2.25 bits per heavy atom. The fourth-order valence-corrected chi connectivity index (χ4v) is 2.01. The average molecular weight is 268 g/mol. The van der Waals surface area contributed by atoms with E-state index in [1.54, 1.807) is 4.90 Å². The minimum absolute atomic E-state index is 0.0744. The first kappa shape index (κ1) is 14.1. The molecule has 20 heavy (non-hydrogen) atoms. The highest BCUT2D eigenvalue weighted by molar-refractivity contribution is 5.93. The van der Waals surface area contributed by atoms with Crippen LogP contribution in [0.25, 0.3) is 0 Å². The quantitative estimate of drug-likeness (QED) is 0.816. The molecular weight excluding hydrogens is 248 g/mol. The topological polar surface area (TPSA) is 32.3 Å². The van der Waals surface area contributed by atoms with Crippen LogP contribution in [0.3, 0.4) is 0 Å². The van der Waals surface area contributed by atoms with Crippen molar-refractivity contribution in [2.75, 3.05) is 25.5 Å². The van der Waals surface area contributed by atoms with Gasteiger partial charge < -0.3 is 10.2 Å². The van der Waals surface area contributed by atoms with Crippen LogP contribution in [0.2, 0.25) is 0 Å². The zero-order valence-corrected chi connectivity index (χ0v) is 11.8. The van der Waals surface area contributed by atoms with Crippen molar-refractivity contribution >= 4 is 11.6 Å². The Kier molecular flexibility index (Phi) is 5.18. The zero-order chi connectivity index (χ0) is 14.2. The van der Waals surface area contributed by atoms with E-state index in [9.17, 15) is 4.79 Å². The summed E-state index contributed by atoms with van der Waals surface area (Å²) in [5, 5.41) is 3.34. The second kappa shape index (κ2) is 7.34. The summed E-state index contributed by atoms with van der Waals surface area (Å²) in [6.45, 7) is 1.60. The molecule has 0 saturated heterocycles. The van der Waals surface area contributed by atoms with Crippen LogP contribution < -0.4 is 5.32 Å². The summed E-state index contributed by atoms with van der Waals surface area (Å²) < 4.78 is 0. The molecule has 0 aliphatic rings. The van der Waals surface area contributed by atoms with Crippen molar-refractivity contribution < 1.29 is 4.79 Å². The van der Waals surface area contributed by atoms with E-state index in [-0.39, 0.29) is 5.91 Å². The van der Waals surface area contributed by atoms with Gasteiger partial charge in [0.1, 0.15) is 0 Å². The van der Waals surface area contributed by atoms with Crippen LogP contribution in [0, 0.1) is 0 Å². The van der Waals surface area contributed by atoms with Gasteiger partial charge in [-0.15, -0.1) is 0 Å². The first-order chi connectivity index (χ1) is 9.77. The highest BCUT2D eigenvalue weighted by Gasteiger charge is 2.09. The molecule has 0 radical (unpaired) electrons. The number of para-hydroxylation sites is 1. The molecule has 1 amide bonds. The lowest BCUT2D eigenvalue weighted by Gasteiger charge is -2.17. The van der Waals surface area contributed by atoms with Crippen LogP contribution in [-0.4, -0.2) is 30.9 Å². The standard InChI is InChI=1S/C17H20N2O/c1-19(17(20)15-9-4-2-5-10-15)14-8-13-18-16-11-6-3-7-12-16/h2-7,9-12,18H,8,13-14H2,1H3. The molecule has 2 aromatic rings. The van der Waals surface area contributed by atoms with Crippen molar-refractivity contribution in [2.24, 2.45) is 0 Å².